The van der Waals surface area contributed by atoms with Crippen LogP contribution in [0, 0.1) is 16.0 Å². The first-order valence-electron chi connectivity index (χ1n) is 11.9. The van der Waals surface area contributed by atoms with Crippen LogP contribution in [-0.4, -0.2) is 35.0 Å². The molecule has 2 fully saturated rings. The van der Waals surface area contributed by atoms with Gasteiger partial charge in [0, 0.05) is 36.5 Å². The molecule has 7 nitrogen and oxygen atoms in total. The van der Waals surface area contributed by atoms with Crippen molar-refractivity contribution in [1.29, 1.82) is 0 Å². The highest BCUT2D eigenvalue weighted by Crippen LogP contribution is 2.41. The molecular formula is C25H25F6N3O4. The Labute approximate surface area is 214 Å². The number of cyclic esters (lactones) is 1. The quantitative estimate of drug-likeness (QED) is 0.231. The Hall–Kier alpha value is -3.51. The molecule has 4 rings (SSSR count). The molecule has 0 aliphatic carbocycles. The number of non-ortho nitro benzene ring substituents is 1. The molecule has 38 heavy (non-hydrogen) atoms. The average molecular weight is 545 g/mol. The molecule has 2 saturated heterocycles. The zero-order chi connectivity index (χ0) is 28.0. The van der Waals surface area contributed by atoms with Crippen molar-refractivity contribution >= 4 is 17.5 Å². The molecule has 3 atom stereocenters. The van der Waals surface area contributed by atoms with Crippen LogP contribution in [0.2, 0.25) is 0 Å². The Morgan fingerprint density at radius 1 is 1.03 bits per heavy atom. The van der Waals surface area contributed by atoms with Gasteiger partial charge in [0.2, 0.25) is 0 Å². The molecule has 0 N–H and O–H groups in total. The molecule has 2 aliphatic rings. The van der Waals surface area contributed by atoms with Crippen LogP contribution in [0.3, 0.4) is 0 Å². The van der Waals surface area contributed by atoms with E-state index in [-0.39, 0.29) is 18.3 Å². The van der Waals surface area contributed by atoms with Gasteiger partial charge >= 0.3 is 18.4 Å². The summed E-state index contributed by atoms with van der Waals surface area (Å²) >= 11 is 0. The molecule has 2 aromatic carbocycles. The number of piperidine rings is 1. The predicted octanol–water partition coefficient (Wildman–Crippen LogP) is 6.95. The Kier molecular flexibility index (Phi) is 7.23. The summed E-state index contributed by atoms with van der Waals surface area (Å²) in [5, 5.41) is 11.4. The topological polar surface area (TPSA) is 75.9 Å². The van der Waals surface area contributed by atoms with E-state index in [0.29, 0.717) is 42.4 Å². The van der Waals surface area contributed by atoms with E-state index < -0.39 is 52.2 Å². The fourth-order valence-electron chi connectivity index (χ4n) is 5.02. The third-order valence-electron chi connectivity index (χ3n) is 6.94. The second kappa shape index (κ2) is 9.99. The van der Waals surface area contributed by atoms with Crippen molar-refractivity contribution in [3.05, 3.63) is 68.8 Å². The molecular weight excluding hydrogens is 520 g/mol. The zero-order valence-corrected chi connectivity index (χ0v) is 20.5. The summed E-state index contributed by atoms with van der Waals surface area (Å²) in [5.74, 6) is 0.371. The molecule has 2 heterocycles. The van der Waals surface area contributed by atoms with Crippen molar-refractivity contribution in [2.24, 2.45) is 5.92 Å². The molecule has 0 aromatic heterocycles. The fourth-order valence-corrected chi connectivity index (χ4v) is 5.02. The minimum absolute atomic E-state index is 0.0116. The highest BCUT2D eigenvalue weighted by atomic mass is 19.4. The number of ether oxygens (including phenoxy) is 1. The first-order chi connectivity index (χ1) is 17.6. The van der Waals surface area contributed by atoms with Gasteiger partial charge in [-0.05, 0) is 55.5 Å². The van der Waals surface area contributed by atoms with Gasteiger partial charge in [-0.3, -0.25) is 15.0 Å². The maximum absolute atomic E-state index is 13.4. The lowest BCUT2D eigenvalue weighted by Crippen LogP contribution is -2.36. The largest absolute Gasteiger partial charge is 0.439 e. The Balaban J connectivity index is 1.68. The molecule has 3 unspecified atom stereocenters. The van der Waals surface area contributed by atoms with E-state index in [1.54, 1.807) is 6.07 Å². The van der Waals surface area contributed by atoms with Gasteiger partial charge < -0.3 is 9.64 Å². The van der Waals surface area contributed by atoms with Gasteiger partial charge in [0.05, 0.1) is 28.6 Å². The van der Waals surface area contributed by atoms with Crippen molar-refractivity contribution in [1.82, 2.24) is 4.90 Å². The van der Waals surface area contributed by atoms with Crippen LogP contribution in [0.4, 0.5) is 42.5 Å². The number of halogens is 6. The summed E-state index contributed by atoms with van der Waals surface area (Å²) in [7, 11) is 0. The number of carbonyl (C=O) groups excluding carboxylic acids is 1. The molecule has 206 valence electrons. The predicted molar refractivity (Wildman–Crippen MR) is 124 cm³/mol. The number of anilines is 1. The van der Waals surface area contributed by atoms with Gasteiger partial charge in [-0.1, -0.05) is 6.92 Å². The summed E-state index contributed by atoms with van der Waals surface area (Å²) in [6.07, 6.45) is -10.5. The zero-order valence-electron chi connectivity index (χ0n) is 20.5. The third-order valence-corrected chi connectivity index (χ3v) is 6.94. The molecule has 2 aliphatic heterocycles. The standard InChI is InChI=1S/C25H25F6N3O4/c1-14-4-3-7-32(12-14)21-6-5-20(34(36)37)10-17(21)13-33-15(2)22(38-23(33)35)16-8-18(24(26,27)28)11-19(9-16)25(29,30)31/h5-6,8-11,14-15,22H,3-4,7,12-13H2,1-2H3. The summed E-state index contributed by atoms with van der Waals surface area (Å²) in [4.78, 5) is 26.9. The first kappa shape index (κ1) is 27.5. The first-order valence-corrected chi connectivity index (χ1v) is 11.9. The van der Waals surface area contributed by atoms with Gasteiger partial charge in [0.15, 0.2) is 0 Å². The van der Waals surface area contributed by atoms with Crippen LogP contribution in [0.25, 0.3) is 0 Å². The lowest BCUT2D eigenvalue weighted by molar-refractivity contribution is -0.384. The average Bonchev–Trinajstić information content (AvgIpc) is 3.11. The number of hydrogen-bond acceptors (Lipinski definition) is 5. The molecule has 0 spiro atoms. The summed E-state index contributed by atoms with van der Waals surface area (Å²) in [6, 6.07) is 4.42. The van der Waals surface area contributed by atoms with Crippen LogP contribution < -0.4 is 4.90 Å². The molecule has 0 saturated carbocycles. The second-order valence-electron chi connectivity index (χ2n) is 9.78. The SMILES string of the molecule is CC1CCCN(c2ccc([N+](=O)[O-])cc2CN2C(=O)OC(c3cc(C(F)(F)F)cc(C(F)(F)F)c3)C2C)C1. The van der Waals surface area contributed by atoms with Crippen molar-refractivity contribution in [3.8, 4) is 0 Å². The number of nitro groups is 1. The van der Waals surface area contributed by atoms with Crippen LogP contribution in [0.1, 0.15) is 55.0 Å². The van der Waals surface area contributed by atoms with E-state index in [4.69, 9.17) is 4.74 Å². The van der Waals surface area contributed by atoms with E-state index in [0.717, 1.165) is 17.7 Å². The number of amides is 1. The maximum atomic E-state index is 13.4. The van der Waals surface area contributed by atoms with Gasteiger partial charge in [-0.2, -0.15) is 26.3 Å². The number of alkyl halides is 6. The van der Waals surface area contributed by atoms with Crippen LogP contribution in [0.5, 0.6) is 0 Å². The van der Waals surface area contributed by atoms with E-state index in [1.165, 1.54) is 19.1 Å². The van der Waals surface area contributed by atoms with Crippen LogP contribution in [0.15, 0.2) is 36.4 Å². The summed E-state index contributed by atoms with van der Waals surface area (Å²) in [5.41, 5.74) is -2.58. The Morgan fingerprint density at radius 3 is 2.21 bits per heavy atom. The van der Waals surface area contributed by atoms with E-state index in [2.05, 4.69) is 11.8 Å². The van der Waals surface area contributed by atoms with Gasteiger partial charge in [0.1, 0.15) is 6.10 Å². The number of hydrogen-bond donors (Lipinski definition) is 0. The van der Waals surface area contributed by atoms with E-state index >= 15 is 0 Å². The van der Waals surface area contributed by atoms with Gasteiger partial charge in [-0.15, -0.1) is 0 Å². The minimum Gasteiger partial charge on any atom is -0.439 e. The van der Waals surface area contributed by atoms with Crippen LogP contribution in [-0.2, 0) is 23.6 Å². The number of rotatable bonds is 5. The van der Waals surface area contributed by atoms with Crippen molar-refractivity contribution in [2.45, 2.75) is 57.7 Å². The minimum atomic E-state index is -5.05. The van der Waals surface area contributed by atoms with Crippen molar-refractivity contribution in [2.75, 3.05) is 18.0 Å². The monoisotopic (exact) mass is 545 g/mol. The number of nitro benzene ring substituents is 1. The lowest BCUT2D eigenvalue weighted by atomic mass is 9.97. The van der Waals surface area contributed by atoms with E-state index in [9.17, 15) is 41.3 Å². The highest BCUT2D eigenvalue weighted by molar-refractivity contribution is 5.72. The van der Waals surface area contributed by atoms with Crippen molar-refractivity contribution < 1.29 is 40.8 Å². The van der Waals surface area contributed by atoms with Gasteiger partial charge in [-0.25, -0.2) is 4.79 Å². The Morgan fingerprint density at radius 2 is 1.66 bits per heavy atom. The number of carbonyl (C=O) groups is 1. The third kappa shape index (κ3) is 5.65. The molecule has 13 heteroatoms. The maximum Gasteiger partial charge on any atom is 0.416 e. The normalized spacial score (nSPS) is 22.5. The number of benzene rings is 2. The van der Waals surface area contributed by atoms with E-state index in [1.807, 2.05) is 0 Å². The molecule has 0 radical (unpaired) electrons. The smallest absolute Gasteiger partial charge is 0.416 e. The fraction of sp³-hybridized carbons (Fsp3) is 0.480. The van der Waals surface area contributed by atoms with Crippen LogP contribution >= 0.6 is 0 Å². The lowest BCUT2D eigenvalue weighted by Gasteiger charge is -2.34. The number of nitrogens with zero attached hydrogens (tertiary/aromatic N) is 3. The van der Waals surface area contributed by atoms with Gasteiger partial charge in [0.25, 0.3) is 5.69 Å². The summed E-state index contributed by atoms with van der Waals surface area (Å²) < 4.78 is 85.5. The summed E-state index contributed by atoms with van der Waals surface area (Å²) in [6.45, 7) is 4.73. The molecule has 0 bridgehead atoms. The second-order valence-corrected chi connectivity index (χ2v) is 9.78. The Bertz CT molecular complexity index is 1200. The molecule has 2 aromatic rings. The van der Waals surface area contributed by atoms with Crippen molar-refractivity contribution in [3.63, 3.8) is 0 Å². The highest BCUT2D eigenvalue weighted by Gasteiger charge is 2.43. The molecule has 1 amide bonds.